The van der Waals surface area contributed by atoms with Gasteiger partial charge in [-0.25, -0.2) is 0 Å². The Kier molecular flexibility index (Phi) is 4.22. The Labute approximate surface area is 138 Å². The highest BCUT2D eigenvalue weighted by molar-refractivity contribution is 5.93. The van der Waals surface area contributed by atoms with Crippen molar-refractivity contribution in [2.24, 2.45) is 0 Å². The molecular formula is C20H24N2O. The molecule has 0 aliphatic carbocycles. The maximum Gasteiger partial charge on any atom is 0.238 e. The van der Waals surface area contributed by atoms with E-state index in [1.807, 2.05) is 19.1 Å². The summed E-state index contributed by atoms with van der Waals surface area (Å²) in [6, 6.07) is 10.5. The minimum Gasteiger partial charge on any atom is -0.325 e. The Morgan fingerprint density at radius 2 is 1.61 bits per heavy atom. The smallest absolute Gasteiger partial charge is 0.238 e. The second-order valence-corrected chi connectivity index (χ2v) is 6.65. The number of benzene rings is 2. The second-order valence-electron chi connectivity index (χ2n) is 6.65. The summed E-state index contributed by atoms with van der Waals surface area (Å²) in [6.45, 7) is 10.5. The molecule has 0 unspecified atom stereocenters. The minimum atomic E-state index is 0.0555. The van der Waals surface area contributed by atoms with E-state index in [9.17, 15) is 4.79 Å². The van der Waals surface area contributed by atoms with Crippen molar-refractivity contribution in [2.45, 2.75) is 40.8 Å². The van der Waals surface area contributed by atoms with Crippen LogP contribution in [0.5, 0.6) is 0 Å². The van der Waals surface area contributed by atoms with Gasteiger partial charge in [-0.15, -0.1) is 0 Å². The number of nitrogens with one attached hydrogen (secondary N) is 1. The zero-order chi connectivity index (χ0) is 16.6. The molecule has 0 bridgehead atoms. The average molecular weight is 308 g/mol. The number of amides is 1. The van der Waals surface area contributed by atoms with Gasteiger partial charge in [0.25, 0.3) is 0 Å². The SMILES string of the molecule is Cc1cc2c(cc1C)CN(CC(=O)Nc1cccc(C)c1C)C2. The van der Waals surface area contributed by atoms with Crippen LogP contribution >= 0.6 is 0 Å². The number of hydrogen-bond donors (Lipinski definition) is 1. The predicted molar refractivity (Wildman–Crippen MR) is 94.6 cm³/mol. The van der Waals surface area contributed by atoms with Gasteiger partial charge in [0.15, 0.2) is 0 Å². The van der Waals surface area contributed by atoms with Crippen molar-refractivity contribution >= 4 is 11.6 Å². The molecule has 0 radical (unpaired) electrons. The van der Waals surface area contributed by atoms with Gasteiger partial charge in [0.05, 0.1) is 6.54 Å². The van der Waals surface area contributed by atoms with Crippen LogP contribution < -0.4 is 5.32 Å². The Bertz CT molecular complexity index is 733. The molecule has 3 heteroatoms. The number of fused-ring (bicyclic) bond motifs is 1. The molecule has 1 aliphatic heterocycles. The Morgan fingerprint density at radius 1 is 1.00 bits per heavy atom. The molecule has 1 N–H and O–H groups in total. The van der Waals surface area contributed by atoms with Crippen LogP contribution in [0.15, 0.2) is 30.3 Å². The standard InChI is InChI=1S/C20H24N2O/c1-13-6-5-7-19(16(13)4)21-20(23)12-22-10-17-8-14(2)15(3)9-18(17)11-22/h5-9H,10-12H2,1-4H3,(H,21,23). The Hall–Kier alpha value is -2.13. The van der Waals surface area contributed by atoms with Crippen molar-refractivity contribution in [1.29, 1.82) is 0 Å². The van der Waals surface area contributed by atoms with E-state index in [-0.39, 0.29) is 5.91 Å². The Balaban J connectivity index is 1.65. The topological polar surface area (TPSA) is 32.3 Å². The van der Waals surface area contributed by atoms with Gasteiger partial charge in [-0.3, -0.25) is 9.69 Å². The summed E-state index contributed by atoms with van der Waals surface area (Å²) in [5.41, 5.74) is 8.61. The summed E-state index contributed by atoms with van der Waals surface area (Å²) in [6.07, 6.45) is 0. The van der Waals surface area contributed by atoms with Gasteiger partial charge in [0.2, 0.25) is 5.91 Å². The summed E-state index contributed by atoms with van der Waals surface area (Å²) in [5, 5.41) is 3.05. The molecule has 0 atom stereocenters. The monoisotopic (exact) mass is 308 g/mol. The Morgan fingerprint density at radius 3 is 2.22 bits per heavy atom. The van der Waals surface area contributed by atoms with Crippen LogP contribution in [-0.4, -0.2) is 17.4 Å². The van der Waals surface area contributed by atoms with Crippen molar-refractivity contribution in [3.8, 4) is 0 Å². The first-order chi connectivity index (χ1) is 10.9. The summed E-state index contributed by atoms with van der Waals surface area (Å²) in [4.78, 5) is 14.6. The molecule has 120 valence electrons. The van der Waals surface area contributed by atoms with Gasteiger partial charge in [-0.1, -0.05) is 24.3 Å². The fraction of sp³-hybridized carbons (Fsp3) is 0.350. The maximum atomic E-state index is 12.4. The van der Waals surface area contributed by atoms with Crippen molar-refractivity contribution in [1.82, 2.24) is 4.90 Å². The molecule has 3 nitrogen and oxygen atoms in total. The second kappa shape index (κ2) is 6.17. The van der Waals surface area contributed by atoms with E-state index in [2.05, 4.69) is 49.2 Å². The summed E-state index contributed by atoms with van der Waals surface area (Å²) < 4.78 is 0. The minimum absolute atomic E-state index is 0.0555. The fourth-order valence-electron chi connectivity index (χ4n) is 3.16. The third-order valence-corrected chi connectivity index (χ3v) is 4.85. The van der Waals surface area contributed by atoms with E-state index in [4.69, 9.17) is 0 Å². The van der Waals surface area contributed by atoms with Crippen molar-refractivity contribution in [3.63, 3.8) is 0 Å². The lowest BCUT2D eigenvalue weighted by molar-refractivity contribution is -0.117. The lowest BCUT2D eigenvalue weighted by atomic mass is 10.0. The van der Waals surface area contributed by atoms with Crippen LogP contribution in [0.2, 0.25) is 0 Å². The van der Waals surface area contributed by atoms with Crippen molar-refractivity contribution in [2.75, 3.05) is 11.9 Å². The number of rotatable bonds is 3. The van der Waals surface area contributed by atoms with E-state index in [0.29, 0.717) is 6.54 Å². The average Bonchev–Trinajstić information content (AvgIpc) is 2.85. The number of hydrogen-bond acceptors (Lipinski definition) is 2. The molecule has 23 heavy (non-hydrogen) atoms. The number of nitrogens with zero attached hydrogens (tertiary/aromatic N) is 1. The molecule has 0 saturated carbocycles. The first-order valence-electron chi connectivity index (χ1n) is 8.11. The van der Waals surface area contributed by atoms with E-state index < -0.39 is 0 Å². The van der Waals surface area contributed by atoms with Crippen molar-refractivity contribution in [3.05, 3.63) is 63.7 Å². The molecule has 0 spiro atoms. The molecule has 1 aliphatic rings. The molecule has 0 saturated heterocycles. The third-order valence-electron chi connectivity index (χ3n) is 4.85. The van der Waals surface area contributed by atoms with Crippen LogP contribution in [0, 0.1) is 27.7 Å². The fourth-order valence-corrected chi connectivity index (χ4v) is 3.16. The van der Waals surface area contributed by atoms with E-state index in [0.717, 1.165) is 24.3 Å². The van der Waals surface area contributed by atoms with Crippen LogP contribution in [0.1, 0.15) is 33.4 Å². The summed E-state index contributed by atoms with van der Waals surface area (Å²) >= 11 is 0. The van der Waals surface area contributed by atoms with Gasteiger partial charge in [-0.2, -0.15) is 0 Å². The van der Waals surface area contributed by atoms with E-state index >= 15 is 0 Å². The lowest BCUT2D eigenvalue weighted by Crippen LogP contribution is -2.29. The first kappa shape index (κ1) is 15.8. The quantitative estimate of drug-likeness (QED) is 0.933. The summed E-state index contributed by atoms with van der Waals surface area (Å²) in [5.74, 6) is 0.0555. The molecule has 2 aromatic rings. The number of anilines is 1. The molecule has 0 aromatic heterocycles. The highest BCUT2D eigenvalue weighted by Gasteiger charge is 2.21. The van der Waals surface area contributed by atoms with E-state index in [1.54, 1.807) is 0 Å². The van der Waals surface area contributed by atoms with Gasteiger partial charge in [-0.05, 0) is 67.1 Å². The normalized spacial score (nSPS) is 13.9. The van der Waals surface area contributed by atoms with Crippen LogP contribution in [0.25, 0.3) is 0 Å². The van der Waals surface area contributed by atoms with Gasteiger partial charge < -0.3 is 5.32 Å². The number of carbonyl (C=O) groups is 1. The van der Waals surface area contributed by atoms with Crippen molar-refractivity contribution < 1.29 is 4.79 Å². The lowest BCUT2D eigenvalue weighted by Gasteiger charge is -2.16. The summed E-state index contributed by atoms with van der Waals surface area (Å²) in [7, 11) is 0. The van der Waals surface area contributed by atoms with Gasteiger partial charge >= 0.3 is 0 Å². The van der Waals surface area contributed by atoms with Gasteiger partial charge in [0, 0.05) is 18.8 Å². The highest BCUT2D eigenvalue weighted by atomic mass is 16.2. The molecule has 3 rings (SSSR count). The largest absolute Gasteiger partial charge is 0.325 e. The molecule has 1 heterocycles. The van der Waals surface area contributed by atoms with Crippen LogP contribution in [0.3, 0.4) is 0 Å². The third kappa shape index (κ3) is 3.30. The maximum absolute atomic E-state index is 12.4. The molecule has 0 fully saturated rings. The van der Waals surface area contributed by atoms with Gasteiger partial charge in [0.1, 0.15) is 0 Å². The molecule has 1 amide bonds. The van der Waals surface area contributed by atoms with E-state index in [1.165, 1.54) is 27.8 Å². The zero-order valence-corrected chi connectivity index (χ0v) is 14.4. The molecule has 2 aromatic carbocycles. The number of aryl methyl sites for hydroxylation is 3. The highest BCUT2D eigenvalue weighted by Crippen LogP contribution is 2.26. The zero-order valence-electron chi connectivity index (χ0n) is 14.4. The predicted octanol–water partition coefficient (Wildman–Crippen LogP) is 3.87. The first-order valence-corrected chi connectivity index (χ1v) is 8.11. The van der Waals surface area contributed by atoms with Crippen LogP contribution in [0.4, 0.5) is 5.69 Å². The molecular weight excluding hydrogens is 284 g/mol. The number of carbonyl (C=O) groups excluding carboxylic acids is 1. The van der Waals surface area contributed by atoms with Crippen LogP contribution in [-0.2, 0) is 17.9 Å².